The molecule has 2 rings (SSSR count). The van der Waals surface area contributed by atoms with Crippen LogP contribution < -0.4 is 10.2 Å². The Hall–Kier alpha value is -1.13. The van der Waals surface area contributed by atoms with Gasteiger partial charge in [0, 0.05) is 19.1 Å². The minimum absolute atomic E-state index is 0.115. The van der Waals surface area contributed by atoms with Crippen molar-refractivity contribution in [2.45, 2.75) is 51.7 Å². The van der Waals surface area contributed by atoms with Gasteiger partial charge in [-0.15, -0.1) is 0 Å². The Kier molecular flexibility index (Phi) is 5.22. The monoisotopic (exact) mass is 294 g/mol. The van der Waals surface area contributed by atoms with Crippen molar-refractivity contribution in [3.05, 3.63) is 29.6 Å². The molecule has 0 saturated carbocycles. The highest BCUT2D eigenvalue weighted by Gasteiger charge is 2.27. The molecular formula is C17H27FN2O. The first-order valence-corrected chi connectivity index (χ1v) is 7.94. The molecule has 2 unspecified atom stereocenters. The summed E-state index contributed by atoms with van der Waals surface area (Å²) in [7, 11) is 0. The molecule has 2 atom stereocenters. The van der Waals surface area contributed by atoms with Crippen LogP contribution in [0.4, 0.5) is 10.1 Å². The number of rotatable bonds is 4. The third kappa shape index (κ3) is 3.95. The van der Waals surface area contributed by atoms with Gasteiger partial charge < -0.3 is 15.3 Å². The number of aliphatic hydroxyl groups is 1. The summed E-state index contributed by atoms with van der Waals surface area (Å²) in [5, 5.41) is 13.6. The number of hydrogen-bond acceptors (Lipinski definition) is 3. The van der Waals surface area contributed by atoms with Gasteiger partial charge in [-0.2, -0.15) is 0 Å². The lowest BCUT2D eigenvalue weighted by atomic mass is 9.98. The van der Waals surface area contributed by atoms with Gasteiger partial charge in [-0.25, -0.2) is 4.39 Å². The van der Waals surface area contributed by atoms with Crippen molar-refractivity contribution >= 4 is 5.69 Å². The summed E-state index contributed by atoms with van der Waals surface area (Å²) in [6, 6.07) is 5.41. The molecule has 0 radical (unpaired) electrons. The SMILES string of the molecule is CCNC(C)c1cccc(F)c1N1CCCC(C)(O)CC1. The largest absolute Gasteiger partial charge is 0.390 e. The molecule has 1 aromatic carbocycles. The van der Waals surface area contributed by atoms with Crippen LogP contribution in [0, 0.1) is 5.82 Å². The summed E-state index contributed by atoms with van der Waals surface area (Å²) >= 11 is 0. The lowest BCUT2D eigenvalue weighted by molar-refractivity contribution is 0.0481. The predicted molar refractivity (Wildman–Crippen MR) is 85.2 cm³/mol. The lowest BCUT2D eigenvalue weighted by Gasteiger charge is -2.29. The molecule has 1 saturated heterocycles. The highest BCUT2D eigenvalue weighted by Crippen LogP contribution is 2.32. The van der Waals surface area contributed by atoms with E-state index in [4.69, 9.17) is 0 Å². The fraction of sp³-hybridized carbons (Fsp3) is 0.647. The first kappa shape index (κ1) is 16.2. The van der Waals surface area contributed by atoms with Crippen LogP contribution in [-0.2, 0) is 0 Å². The van der Waals surface area contributed by atoms with Crippen molar-refractivity contribution in [3.8, 4) is 0 Å². The predicted octanol–water partition coefficient (Wildman–Crippen LogP) is 3.24. The van der Waals surface area contributed by atoms with Crippen molar-refractivity contribution in [2.24, 2.45) is 0 Å². The van der Waals surface area contributed by atoms with E-state index in [-0.39, 0.29) is 11.9 Å². The van der Waals surface area contributed by atoms with Gasteiger partial charge in [0.25, 0.3) is 0 Å². The second-order valence-electron chi connectivity index (χ2n) is 6.29. The van der Waals surface area contributed by atoms with E-state index < -0.39 is 5.60 Å². The second-order valence-corrected chi connectivity index (χ2v) is 6.29. The van der Waals surface area contributed by atoms with Crippen LogP contribution in [0.15, 0.2) is 18.2 Å². The molecule has 2 N–H and O–H groups in total. The zero-order valence-corrected chi connectivity index (χ0v) is 13.3. The Morgan fingerprint density at radius 1 is 1.38 bits per heavy atom. The Morgan fingerprint density at radius 3 is 2.86 bits per heavy atom. The number of para-hydroxylation sites is 1. The fourth-order valence-corrected chi connectivity index (χ4v) is 3.12. The van der Waals surface area contributed by atoms with Gasteiger partial charge in [0.15, 0.2) is 0 Å². The zero-order chi connectivity index (χ0) is 15.5. The molecule has 1 fully saturated rings. The standard InChI is InChI=1S/C17H27FN2O/c1-4-19-13(2)14-7-5-8-15(18)16(14)20-11-6-9-17(3,21)10-12-20/h5,7-8,13,19,21H,4,6,9-12H2,1-3H3. The molecule has 1 heterocycles. The molecule has 1 aliphatic rings. The van der Waals surface area contributed by atoms with Gasteiger partial charge in [0.1, 0.15) is 5.82 Å². The summed E-state index contributed by atoms with van der Waals surface area (Å²) in [5.41, 5.74) is 1.06. The van der Waals surface area contributed by atoms with Crippen LogP contribution in [-0.4, -0.2) is 30.3 Å². The second kappa shape index (κ2) is 6.75. The van der Waals surface area contributed by atoms with Crippen LogP contribution in [0.2, 0.25) is 0 Å². The number of nitrogens with one attached hydrogen (secondary N) is 1. The maximum Gasteiger partial charge on any atom is 0.146 e. The minimum atomic E-state index is -0.631. The first-order chi connectivity index (χ1) is 9.94. The van der Waals surface area contributed by atoms with Crippen LogP contribution in [0.5, 0.6) is 0 Å². The normalized spacial score (nSPS) is 24.7. The van der Waals surface area contributed by atoms with Crippen molar-refractivity contribution in [1.82, 2.24) is 5.32 Å². The molecule has 1 aliphatic heterocycles. The molecule has 21 heavy (non-hydrogen) atoms. The number of anilines is 1. The third-order valence-corrected chi connectivity index (χ3v) is 4.37. The topological polar surface area (TPSA) is 35.5 Å². The quantitative estimate of drug-likeness (QED) is 0.895. The smallest absolute Gasteiger partial charge is 0.146 e. The Labute approximate surface area is 127 Å². The molecule has 4 heteroatoms. The number of nitrogens with zero attached hydrogens (tertiary/aromatic N) is 1. The van der Waals surface area contributed by atoms with Gasteiger partial charge in [0.2, 0.25) is 0 Å². The first-order valence-electron chi connectivity index (χ1n) is 7.94. The average molecular weight is 294 g/mol. The number of benzene rings is 1. The third-order valence-electron chi connectivity index (χ3n) is 4.37. The summed E-state index contributed by atoms with van der Waals surface area (Å²) in [6.45, 7) is 8.34. The molecule has 0 bridgehead atoms. The van der Waals surface area contributed by atoms with Crippen molar-refractivity contribution in [3.63, 3.8) is 0 Å². The number of halogens is 1. The van der Waals surface area contributed by atoms with Crippen LogP contribution in [0.25, 0.3) is 0 Å². The van der Waals surface area contributed by atoms with Gasteiger partial charge in [-0.3, -0.25) is 0 Å². The summed E-state index contributed by atoms with van der Waals surface area (Å²) in [4.78, 5) is 2.10. The highest BCUT2D eigenvalue weighted by atomic mass is 19.1. The van der Waals surface area contributed by atoms with E-state index in [1.807, 2.05) is 13.0 Å². The van der Waals surface area contributed by atoms with Crippen LogP contribution in [0.1, 0.15) is 51.6 Å². The Balaban J connectivity index is 2.29. The van der Waals surface area contributed by atoms with E-state index in [9.17, 15) is 9.50 Å². The molecule has 0 amide bonds. The van der Waals surface area contributed by atoms with Crippen molar-refractivity contribution in [1.29, 1.82) is 0 Å². The lowest BCUT2D eigenvalue weighted by Crippen LogP contribution is -2.30. The fourth-order valence-electron chi connectivity index (χ4n) is 3.12. The molecule has 118 valence electrons. The molecule has 0 spiro atoms. The minimum Gasteiger partial charge on any atom is -0.390 e. The number of hydrogen-bond donors (Lipinski definition) is 2. The van der Waals surface area contributed by atoms with E-state index in [0.717, 1.165) is 31.5 Å². The maximum absolute atomic E-state index is 14.4. The van der Waals surface area contributed by atoms with E-state index in [2.05, 4.69) is 24.1 Å². The Morgan fingerprint density at radius 2 is 2.14 bits per heavy atom. The molecule has 0 aliphatic carbocycles. The van der Waals surface area contributed by atoms with E-state index in [0.29, 0.717) is 18.7 Å². The molecule has 0 aromatic heterocycles. The van der Waals surface area contributed by atoms with Crippen molar-refractivity contribution in [2.75, 3.05) is 24.5 Å². The van der Waals surface area contributed by atoms with Gasteiger partial charge in [-0.05, 0) is 51.3 Å². The molecular weight excluding hydrogens is 267 g/mol. The Bertz CT molecular complexity index is 476. The van der Waals surface area contributed by atoms with E-state index in [1.54, 1.807) is 6.07 Å². The summed E-state index contributed by atoms with van der Waals surface area (Å²) in [5.74, 6) is -0.168. The van der Waals surface area contributed by atoms with E-state index >= 15 is 0 Å². The van der Waals surface area contributed by atoms with Gasteiger partial charge in [-0.1, -0.05) is 19.1 Å². The van der Waals surface area contributed by atoms with Gasteiger partial charge in [0.05, 0.1) is 11.3 Å². The highest BCUT2D eigenvalue weighted by molar-refractivity contribution is 5.56. The summed E-state index contributed by atoms with van der Waals surface area (Å²) in [6.07, 6.45) is 2.34. The van der Waals surface area contributed by atoms with Gasteiger partial charge >= 0.3 is 0 Å². The van der Waals surface area contributed by atoms with E-state index in [1.165, 1.54) is 6.07 Å². The van der Waals surface area contributed by atoms with Crippen molar-refractivity contribution < 1.29 is 9.50 Å². The summed E-state index contributed by atoms with van der Waals surface area (Å²) < 4.78 is 14.4. The maximum atomic E-state index is 14.4. The molecule has 3 nitrogen and oxygen atoms in total. The molecule has 1 aromatic rings. The van der Waals surface area contributed by atoms with Crippen LogP contribution in [0.3, 0.4) is 0 Å². The van der Waals surface area contributed by atoms with Crippen LogP contribution >= 0.6 is 0 Å². The average Bonchev–Trinajstić information content (AvgIpc) is 2.60. The zero-order valence-electron chi connectivity index (χ0n) is 13.3.